The Morgan fingerprint density at radius 3 is 2.52 bits per heavy atom. The van der Waals surface area contributed by atoms with E-state index in [1.807, 2.05) is 43.4 Å². The van der Waals surface area contributed by atoms with Crippen LogP contribution in [-0.4, -0.2) is 60.6 Å². The van der Waals surface area contributed by atoms with E-state index in [0.717, 1.165) is 67.6 Å². The summed E-state index contributed by atoms with van der Waals surface area (Å²) in [6.07, 6.45) is 0.809. The number of nitrogens with zero attached hydrogens (tertiary/aromatic N) is 4. The Labute approximate surface area is 187 Å². The van der Waals surface area contributed by atoms with Crippen molar-refractivity contribution in [3.63, 3.8) is 0 Å². The highest BCUT2D eigenvalue weighted by Gasteiger charge is 2.19. The summed E-state index contributed by atoms with van der Waals surface area (Å²) in [5, 5.41) is 3.44. The first kappa shape index (κ1) is 21.4. The number of hydrogen-bond donors (Lipinski definition) is 2. The van der Waals surface area contributed by atoms with Crippen LogP contribution < -0.4 is 10.2 Å². The third-order valence-electron chi connectivity index (χ3n) is 5.07. The molecule has 1 aliphatic heterocycles. The maximum Gasteiger partial charge on any atom is 0.193 e. The van der Waals surface area contributed by atoms with Gasteiger partial charge in [0, 0.05) is 51.9 Å². The molecule has 1 fully saturated rings. The molecule has 29 heavy (non-hydrogen) atoms. The second kappa shape index (κ2) is 9.91. The molecule has 0 spiro atoms. The molecule has 0 aliphatic carbocycles. The summed E-state index contributed by atoms with van der Waals surface area (Å²) in [7, 11) is 1.82. The first-order valence-electron chi connectivity index (χ1n) is 9.62. The van der Waals surface area contributed by atoms with Gasteiger partial charge < -0.3 is 20.1 Å². The van der Waals surface area contributed by atoms with Gasteiger partial charge in [-0.15, -0.1) is 24.0 Å². The number of imidazole rings is 1. The number of anilines is 1. The number of H-pyrrole nitrogens is 1. The SMILES string of the molecule is CN=C(NCCc1nc2ccccc2[nH]1)N1CCN(c2ccc(F)cc2)CC1.I. The fourth-order valence-corrected chi connectivity index (χ4v) is 3.58. The zero-order chi connectivity index (χ0) is 19.3. The monoisotopic (exact) mass is 508 g/mol. The quantitative estimate of drug-likeness (QED) is 0.323. The van der Waals surface area contributed by atoms with E-state index in [0.29, 0.717) is 0 Å². The van der Waals surface area contributed by atoms with E-state index in [9.17, 15) is 4.39 Å². The van der Waals surface area contributed by atoms with Gasteiger partial charge in [0.15, 0.2) is 5.96 Å². The van der Waals surface area contributed by atoms with Crippen molar-refractivity contribution in [2.45, 2.75) is 6.42 Å². The highest BCUT2D eigenvalue weighted by atomic mass is 127. The molecule has 0 saturated carbocycles. The van der Waals surface area contributed by atoms with Crippen molar-refractivity contribution in [3.8, 4) is 0 Å². The van der Waals surface area contributed by atoms with Crippen LogP contribution in [0.1, 0.15) is 5.82 Å². The van der Waals surface area contributed by atoms with Gasteiger partial charge in [-0.2, -0.15) is 0 Å². The van der Waals surface area contributed by atoms with Crippen LogP contribution in [0.15, 0.2) is 53.5 Å². The summed E-state index contributed by atoms with van der Waals surface area (Å²) in [5.41, 5.74) is 3.13. The molecular weight excluding hydrogens is 482 g/mol. The Hall–Kier alpha value is -2.36. The lowest BCUT2D eigenvalue weighted by Gasteiger charge is -2.37. The second-order valence-corrected chi connectivity index (χ2v) is 6.88. The van der Waals surface area contributed by atoms with E-state index < -0.39 is 0 Å². The number of hydrogen-bond acceptors (Lipinski definition) is 3. The number of benzene rings is 2. The van der Waals surface area contributed by atoms with Crippen LogP contribution in [0.25, 0.3) is 11.0 Å². The van der Waals surface area contributed by atoms with E-state index in [1.54, 1.807) is 0 Å². The maximum absolute atomic E-state index is 13.1. The van der Waals surface area contributed by atoms with E-state index in [1.165, 1.54) is 12.1 Å². The summed E-state index contributed by atoms with van der Waals surface area (Å²) in [6, 6.07) is 14.8. The van der Waals surface area contributed by atoms with Gasteiger partial charge in [0.25, 0.3) is 0 Å². The fourth-order valence-electron chi connectivity index (χ4n) is 3.58. The Balaban J connectivity index is 0.00000240. The minimum absolute atomic E-state index is 0. The van der Waals surface area contributed by atoms with Gasteiger partial charge in [-0.25, -0.2) is 9.37 Å². The van der Waals surface area contributed by atoms with Gasteiger partial charge in [-0.05, 0) is 36.4 Å². The number of para-hydroxylation sites is 2. The molecule has 0 unspecified atom stereocenters. The predicted octanol–water partition coefficient (Wildman–Crippen LogP) is 3.26. The zero-order valence-corrected chi connectivity index (χ0v) is 18.8. The van der Waals surface area contributed by atoms with Gasteiger partial charge in [0.1, 0.15) is 11.6 Å². The average molecular weight is 508 g/mol. The Kier molecular flexibility index (Phi) is 7.29. The first-order valence-corrected chi connectivity index (χ1v) is 9.62. The summed E-state index contributed by atoms with van der Waals surface area (Å²) >= 11 is 0. The number of aromatic nitrogens is 2. The van der Waals surface area contributed by atoms with E-state index in [2.05, 4.69) is 30.1 Å². The molecule has 1 aliphatic rings. The van der Waals surface area contributed by atoms with Crippen molar-refractivity contribution in [3.05, 3.63) is 60.2 Å². The molecule has 6 nitrogen and oxygen atoms in total. The minimum Gasteiger partial charge on any atom is -0.368 e. The zero-order valence-electron chi connectivity index (χ0n) is 16.4. The molecule has 1 saturated heterocycles. The number of guanidine groups is 1. The molecule has 4 rings (SSSR count). The number of halogens is 2. The predicted molar refractivity (Wildman–Crippen MR) is 127 cm³/mol. The number of aromatic amines is 1. The molecule has 8 heteroatoms. The average Bonchev–Trinajstić information content (AvgIpc) is 3.15. The standard InChI is InChI=1S/C21H25FN6.HI/c1-23-21(24-11-10-20-25-18-4-2-3-5-19(18)26-20)28-14-12-27(13-15-28)17-8-6-16(22)7-9-17;/h2-9H,10-15H2,1H3,(H,23,24)(H,25,26);1H. The summed E-state index contributed by atoms with van der Waals surface area (Å²) in [6.45, 7) is 4.29. The van der Waals surface area contributed by atoms with Crippen molar-refractivity contribution in [2.24, 2.45) is 4.99 Å². The number of aliphatic imine (C=N–C) groups is 1. The molecule has 3 aromatic rings. The molecule has 0 atom stereocenters. The molecule has 2 N–H and O–H groups in total. The molecule has 154 valence electrons. The Morgan fingerprint density at radius 2 is 1.83 bits per heavy atom. The van der Waals surface area contributed by atoms with E-state index >= 15 is 0 Å². The molecule has 2 aromatic carbocycles. The lowest BCUT2D eigenvalue weighted by Crippen LogP contribution is -2.52. The third-order valence-corrected chi connectivity index (χ3v) is 5.07. The highest BCUT2D eigenvalue weighted by Crippen LogP contribution is 2.17. The van der Waals surface area contributed by atoms with Crippen molar-refractivity contribution in [1.29, 1.82) is 0 Å². The van der Waals surface area contributed by atoms with Gasteiger partial charge in [0.05, 0.1) is 11.0 Å². The van der Waals surface area contributed by atoms with E-state index in [4.69, 9.17) is 0 Å². The molecule has 0 radical (unpaired) electrons. The van der Waals surface area contributed by atoms with Crippen LogP contribution in [0.2, 0.25) is 0 Å². The summed E-state index contributed by atoms with van der Waals surface area (Å²) in [5.74, 6) is 1.69. The second-order valence-electron chi connectivity index (χ2n) is 6.88. The van der Waals surface area contributed by atoms with Gasteiger partial charge in [-0.1, -0.05) is 12.1 Å². The number of rotatable bonds is 4. The van der Waals surface area contributed by atoms with Crippen LogP contribution in [0.4, 0.5) is 10.1 Å². The lowest BCUT2D eigenvalue weighted by molar-refractivity contribution is 0.373. The Morgan fingerprint density at radius 1 is 1.10 bits per heavy atom. The number of piperazine rings is 1. The minimum atomic E-state index is -0.198. The van der Waals surface area contributed by atoms with Gasteiger partial charge in [-0.3, -0.25) is 4.99 Å². The molecule has 2 heterocycles. The maximum atomic E-state index is 13.1. The van der Waals surface area contributed by atoms with Crippen LogP contribution in [0, 0.1) is 5.82 Å². The van der Waals surface area contributed by atoms with Crippen molar-refractivity contribution in [2.75, 3.05) is 44.7 Å². The fraction of sp³-hybridized carbons (Fsp3) is 0.333. The largest absolute Gasteiger partial charge is 0.368 e. The molecular formula is C21H26FIN6. The third kappa shape index (κ3) is 5.17. The summed E-state index contributed by atoms with van der Waals surface area (Å²) < 4.78 is 13.1. The molecule has 0 amide bonds. The van der Waals surface area contributed by atoms with Crippen LogP contribution in [0.3, 0.4) is 0 Å². The molecule has 0 bridgehead atoms. The van der Waals surface area contributed by atoms with Crippen LogP contribution >= 0.6 is 24.0 Å². The number of fused-ring (bicyclic) bond motifs is 1. The smallest absolute Gasteiger partial charge is 0.193 e. The Bertz CT molecular complexity index is 914. The summed E-state index contributed by atoms with van der Waals surface area (Å²) in [4.78, 5) is 16.9. The molecule has 1 aromatic heterocycles. The highest BCUT2D eigenvalue weighted by molar-refractivity contribution is 14.0. The lowest BCUT2D eigenvalue weighted by atomic mass is 10.2. The van der Waals surface area contributed by atoms with Crippen molar-refractivity contribution >= 4 is 46.7 Å². The van der Waals surface area contributed by atoms with Crippen molar-refractivity contribution in [1.82, 2.24) is 20.2 Å². The topological polar surface area (TPSA) is 59.6 Å². The van der Waals surface area contributed by atoms with Crippen molar-refractivity contribution < 1.29 is 4.39 Å². The number of nitrogens with one attached hydrogen (secondary N) is 2. The van der Waals surface area contributed by atoms with Gasteiger partial charge >= 0.3 is 0 Å². The first-order chi connectivity index (χ1) is 13.7. The normalized spacial score (nSPS) is 14.8. The van der Waals surface area contributed by atoms with Gasteiger partial charge in [0.2, 0.25) is 0 Å². The van der Waals surface area contributed by atoms with E-state index in [-0.39, 0.29) is 29.8 Å². The van der Waals surface area contributed by atoms with Crippen LogP contribution in [-0.2, 0) is 6.42 Å². The van der Waals surface area contributed by atoms with Crippen LogP contribution in [0.5, 0.6) is 0 Å².